The van der Waals surface area contributed by atoms with Gasteiger partial charge in [0.25, 0.3) is 0 Å². The maximum absolute atomic E-state index is 14.3. The van der Waals surface area contributed by atoms with E-state index in [-0.39, 0.29) is 5.75 Å². The highest BCUT2D eigenvalue weighted by Gasteiger charge is 2.07. The zero-order valence-corrected chi connectivity index (χ0v) is 15.0. The Bertz CT molecular complexity index is 867. The quantitative estimate of drug-likeness (QED) is 0.489. The molecule has 1 aromatic carbocycles. The van der Waals surface area contributed by atoms with Crippen LogP contribution in [-0.2, 0) is 13.1 Å². The predicted octanol–water partition coefficient (Wildman–Crippen LogP) is 3.86. The van der Waals surface area contributed by atoms with Crippen molar-refractivity contribution in [1.82, 2.24) is 15.6 Å². The van der Waals surface area contributed by atoms with Crippen LogP contribution in [0.15, 0.2) is 70.5 Å². The van der Waals surface area contributed by atoms with E-state index in [1.807, 2.05) is 19.1 Å². The minimum absolute atomic E-state index is 0.151. The van der Waals surface area contributed by atoms with Gasteiger partial charge in [-0.25, -0.2) is 9.38 Å². The molecule has 7 heteroatoms. The number of aliphatic imine (C=N–C) groups is 1. The van der Waals surface area contributed by atoms with E-state index in [0.29, 0.717) is 24.8 Å². The van der Waals surface area contributed by atoms with Crippen LogP contribution in [0.4, 0.5) is 4.39 Å². The molecule has 2 heterocycles. The van der Waals surface area contributed by atoms with Crippen molar-refractivity contribution in [1.29, 1.82) is 0 Å². The number of hydrogen-bond acceptors (Lipinski definition) is 4. The summed E-state index contributed by atoms with van der Waals surface area (Å²) < 4.78 is 25.1. The molecule has 0 fully saturated rings. The summed E-state index contributed by atoms with van der Waals surface area (Å²) in [5.41, 5.74) is 0.737. The minimum atomic E-state index is -0.444. The van der Waals surface area contributed by atoms with E-state index in [1.54, 1.807) is 36.7 Å². The smallest absolute Gasteiger partial charge is 0.191 e. The number of rotatable bonds is 7. The van der Waals surface area contributed by atoms with Gasteiger partial charge in [-0.1, -0.05) is 6.07 Å². The second-order valence-corrected chi connectivity index (χ2v) is 5.68. The zero-order chi connectivity index (χ0) is 18.9. The molecule has 2 N–H and O–H groups in total. The molecule has 0 spiro atoms. The Kier molecular flexibility index (Phi) is 6.40. The molecule has 0 saturated carbocycles. The highest BCUT2D eigenvalue weighted by molar-refractivity contribution is 5.79. The largest absolute Gasteiger partial charge is 0.467 e. The predicted molar refractivity (Wildman–Crippen MR) is 101 cm³/mol. The summed E-state index contributed by atoms with van der Waals surface area (Å²) in [7, 11) is 0. The molecule has 140 valence electrons. The molecule has 0 atom stereocenters. The number of nitrogens with one attached hydrogen (secondary N) is 2. The van der Waals surface area contributed by atoms with Crippen molar-refractivity contribution < 1.29 is 13.5 Å². The summed E-state index contributed by atoms with van der Waals surface area (Å²) in [6, 6.07) is 12.0. The van der Waals surface area contributed by atoms with Gasteiger partial charge in [-0.3, -0.25) is 4.98 Å². The van der Waals surface area contributed by atoms with E-state index in [1.165, 1.54) is 12.3 Å². The lowest BCUT2D eigenvalue weighted by Gasteiger charge is -2.11. The third-order valence-electron chi connectivity index (χ3n) is 3.63. The van der Waals surface area contributed by atoms with Gasteiger partial charge < -0.3 is 19.8 Å². The normalized spacial score (nSPS) is 11.3. The molecule has 6 nitrogen and oxygen atoms in total. The Morgan fingerprint density at radius 2 is 2.15 bits per heavy atom. The van der Waals surface area contributed by atoms with Crippen LogP contribution in [0.5, 0.6) is 11.5 Å². The number of halogens is 1. The number of furan rings is 1. The lowest BCUT2D eigenvalue weighted by molar-refractivity contribution is 0.440. The third-order valence-corrected chi connectivity index (χ3v) is 3.63. The molecule has 0 saturated heterocycles. The van der Waals surface area contributed by atoms with Gasteiger partial charge in [0.2, 0.25) is 0 Å². The van der Waals surface area contributed by atoms with E-state index in [9.17, 15) is 4.39 Å². The summed E-state index contributed by atoms with van der Waals surface area (Å²) in [5.74, 6) is 1.63. The third kappa shape index (κ3) is 5.57. The maximum atomic E-state index is 14.3. The Morgan fingerprint density at radius 3 is 2.85 bits per heavy atom. The first-order valence-electron chi connectivity index (χ1n) is 8.65. The molecule has 0 amide bonds. The van der Waals surface area contributed by atoms with E-state index in [2.05, 4.69) is 20.6 Å². The van der Waals surface area contributed by atoms with Gasteiger partial charge in [0, 0.05) is 12.7 Å². The van der Waals surface area contributed by atoms with Crippen molar-refractivity contribution >= 4 is 5.96 Å². The van der Waals surface area contributed by atoms with Crippen LogP contribution in [0.1, 0.15) is 18.2 Å². The SMILES string of the molecule is CCNC(=NCc1ccc(Oc2cccnc2)c(F)c1)NCc1ccco1. The average Bonchev–Trinajstić information content (AvgIpc) is 3.20. The Morgan fingerprint density at radius 1 is 1.22 bits per heavy atom. The first kappa shape index (κ1) is 18.4. The minimum Gasteiger partial charge on any atom is -0.467 e. The number of aromatic nitrogens is 1. The zero-order valence-electron chi connectivity index (χ0n) is 15.0. The Hall–Kier alpha value is -3.35. The molecule has 0 aliphatic heterocycles. The van der Waals surface area contributed by atoms with E-state index in [0.717, 1.165) is 17.9 Å². The van der Waals surface area contributed by atoms with Crippen LogP contribution < -0.4 is 15.4 Å². The van der Waals surface area contributed by atoms with Crippen LogP contribution in [0.25, 0.3) is 0 Å². The lowest BCUT2D eigenvalue weighted by atomic mass is 10.2. The van der Waals surface area contributed by atoms with Crippen molar-refractivity contribution in [3.63, 3.8) is 0 Å². The van der Waals surface area contributed by atoms with E-state index in [4.69, 9.17) is 9.15 Å². The average molecular weight is 368 g/mol. The van der Waals surface area contributed by atoms with Crippen LogP contribution in [0, 0.1) is 5.82 Å². The molecule has 0 aliphatic rings. The van der Waals surface area contributed by atoms with Gasteiger partial charge in [0.05, 0.1) is 25.5 Å². The number of ether oxygens (including phenoxy) is 1. The van der Waals surface area contributed by atoms with Crippen LogP contribution >= 0.6 is 0 Å². The fourth-order valence-electron chi connectivity index (χ4n) is 2.36. The second kappa shape index (κ2) is 9.38. The maximum Gasteiger partial charge on any atom is 0.191 e. The lowest BCUT2D eigenvalue weighted by Crippen LogP contribution is -2.36. The molecule has 3 rings (SSSR count). The molecule has 2 aromatic heterocycles. The number of pyridine rings is 1. The van der Waals surface area contributed by atoms with Crippen molar-refractivity contribution in [2.24, 2.45) is 4.99 Å². The second-order valence-electron chi connectivity index (χ2n) is 5.68. The van der Waals surface area contributed by atoms with Gasteiger partial charge in [-0.2, -0.15) is 0 Å². The van der Waals surface area contributed by atoms with Crippen LogP contribution in [0.3, 0.4) is 0 Å². The van der Waals surface area contributed by atoms with Gasteiger partial charge in [0.15, 0.2) is 17.5 Å². The summed E-state index contributed by atoms with van der Waals surface area (Å²) >= 11 is 0. The first-order chi connectivity index (χ1) is 13.2. The van der Waals surface area contributed by atoms with Crippen LogP contribution in [-0.4, -0.2) is 17.5 Å². The molecular weight excluding hydrogens is 347 g/mol. The summed E-state index contributed by atoms with van der Waals surface area (Å²) in [5, 5.41) is 6.32. The molecule has 0 radical (unpaired) electrons. The molecular formula is C20H21FN4O2. The topological polar surface area (TPSA) is 71.7 Å². The van der Waals surface area contributed by atoms with Crippen molar-refractivity contribution in [2.75, 3.05) is 6.54 Å². The Labute approximate surface area is 157 Å². The monoisotopic (exact) mass is 368 g/mol. The van der Waals surface area contributed by atoms with Gasteiger partial charge in [-0.15, -0.1) is 0 Å². The molecule has 0 bridgehead atoms. The van der Waals surface area contributed by atoms with E-state index < -0.39 is 5.82 Å². The fourth-order valence-corrected chi connectivity index (χ4v) is 2.36. The van der Waals surface area contributed by atoms with E-state index >= 15 is 0 Å². The summed E-state index contributed by atoms with van der Waals surface area (Å²) in [6.07, 6.45) is 4.79. The highest BCUT2D eigenvalue weighted by atomic mass is 19.1. The van der Waals surface area contributed by atoms with Gasteiger partial charge in [-0.05, 0) is 48.9 Å². The van der Waals surface area contributed by atoms with Crippen molar-refractivity contribution in [3.8, 4) is 11.5 Å². The Balaban J connectivity index is 1.62. The number of hydrogen-bond donors (Lipinski definition) is 2. The molecule has 3 aromatic rings. The van der Waals surface area contributed by atoms with Gasteiger partial charge in [0.1, 0.15) is 11.5 Å². The van der Waals surface area contributed by atoms with Crippen LogP contribution in [0.2, 0.25) is 0 Å². The standard InChI is InChI=1S/C20H21FN4O2/c1-2-23-20(25-14-16-6-4-10-26-16)24-12-15-7-8-19(18(21)11-15)27-17-5-3-9-22-13-17/h3-11,13H,2,12,14H2,1H3,(H2,23,24,25). The molecule has 27 heavy (non-hydrogen) atoms. The first-order valence-corrected chi connectivity index (χ1v) is 8.65. The number of benzene rings is 1. The summed E-state index contributed by atoms with van der Waals surface area (Å²) in [6.45, 7) is 3.55. The number of guanidine groups is 1. The van der Waals surface area contributed by atoms with Crippen molar-refractivity contribution in [2.45, 2.75) is 20.0 Å². The summed E-state index contributed by atoms with van der Waals surface area (Å²) in [4.78, 5) is 8.42. The van der Waals surface area contributed by atoms with Crippen molar-refractivity contribution in [3.05, 3.63) is 78.3 Å². The number of nitrogens with zero attached hydrogens (tertiary/aromatic N) is 2. The highest BCUT2D eigenvalue weighted by Crippen LogP contribution is 2.24. The molecule has 0 unspecified atom stereocenters. The van der Waals surface area contributed by atoms with Gasteiger partial charge >= 0.3 is 0 Å². The molecule has 0 aliphatic carbocycles. The fraction of sp³-hybridized carbons (Fsp3) is 0.200.